The van der Waals surface area contributed by atoms with Crippen LogP contribution in [0.15, 0.2) is 34.8 Å². The van der Waals surface area contributed by atoms with E-state index in [2.05, 4.69) is 26.0 Å². The van der Waals surface area contributed by atoms with Crippen LogP contribution in [0.4, 0.5) is 0 Å². The summed E-state index contributed by atoms with van der Waals surface area (Å²) in [6.07, 6.45) is 0. The van der Waals surface area contributed by atoms with Gasteiger partial charge in [0.15, 0.2) is 6.61 Å². The molecule has 0 saturated heterocycles. The van der Waals surface area contributed by atoms with Crippen LogP contribution < -0.4 is 10.1 Å². The molecule has 1 aromatic heterocycles. The summed E-state index contributed by atoms with van der Waals surface area (Å²) in [6, 6.07) is 8.24. The Morgan fingerprint density at radius 3 is 2.60 bits per heavy atom. The lowest BCUT2D eigenvalue weighted by atomic mass is 10.2. The third-order valence-electron chi connectivity index (χ3n) is 3.16. The molecule has 0 unspecified atom stereocenters. The highest BCUT2D eigenvalue weighted by Crippen LogP contribution is 2.27. The molecule has 0 atom stereocenters. The van der Waals surface area contributed by atoms with Crippen LogP contribution >= 0.6 is 27.3 Å². The zero-order valence-corrected chi connectivity index (χ0v) is 16.0. The lowest BCUT2D eigenvalue weighted by molar-refractivity contribution is -0.119. The molecular formula is C17H16BrNO5S. The van der Waals surface area contributed by atoms with Crippen molar-refractivity contribution in [1.82, 2.24) is 5.32 Å². The molecular weight excluding hydrogens is 410 g/mol. The van der Waals surface area contributed by atoms with Gasteiger partial charge in [0.05, 0.1) is 28.6 Å². The number of amides is 1. The largest absolute Gasteiger partial charge is 0.484 e. The number of ether oxygens (including phenoxy) is 2. The number of halogens is 1. The van der Waals surface area contributed by atoms with Gasteiger partial charge in [-0.15, -0.1) is 11.3 Å². The summed E-state index contributed by atoms with van der Waals surface area (Å²) < 4.78 is 10.7. The average molecular weight is 426 g/mol. The molecule has 132 valence electrons. The number of esters is 1. The number of carbonyl (C=O) groups is 3. The maximum atomic E-state index is 12.2. The molecule has 6 nitrogen and oxygen atoms in total. The first kappa shape index (κ1) is 19.1. The van der Waals surface area contributed by atoms with Gasteiger partial charge in [-0.05, 0) is 46.3 Å². The molecule has 0 saturated carbocycles. The van der Waals surface area contributed by atoms with Crippen molar-refractivity contribution >= 4 is 44.9 Å². The molecule has 1 amide bonds. The van der Waals surface area contributed by atoms with Crippen LogP contribution in [0.5, 0.6) is 5.75 Å². The van der Waals surface area contributed by atoms with Crippen LogP contribution in [-0.4, -0.2) is 31.4 Å². The number of hydrogen-bond donors (Lipinski definition) is 1. The Morgan fingerprint density at radius 1 is 1.20 bits per heavy atom. The van der Waals surface area contributed by atoms with Gasteiger partial charge < -0.3 is 14.8 Å². The molecule has 0 bridgehead atoms. The first-order valence-corrected chi connectivity index (χ1v) is 8.88. The fourth-order valence-corrected chi connectivity index (χ4v) is 3.28. The normalized spacial score (nSPS) is 10.2. The van der Waals surface area contributed by atoms with Crippen molar-refractivity contribution in [3.63, 3.8) is 0 Å². The van der Waals surface area contributed by atoms with E-state index in [1.54, 1.807) is 30.3 Å². The van der Waals surface area contributed by atoms with Crippen molar-refractivity contribution in [2.24, 2.45) is 0 Å². The maximum absolute atomic E-state index is 12.2. The number of rotatable bonds is 7. The Kier molecular flexibility index (Phi) is 6.72. The molecule has 0 spiro atoms. The SMILES string of the molecule is COC(=O)c1ccc(OCC(=O)c2ccc(CNC(C)=O)s2)c(Br)c1. The first-order chi connectivity index (χ1) is 11.9. The second-order valence-corrected chi connectivity index (χ2v) is 7.05. The fourth-order valence-electron chi connectivity index (χ4n) is 1.91. The van der Waals surface area contributed by atoms with E-state index in [9.17, 15) is 14.4 Å². The highest BCUT2D eigenvalue weighted by atomic mass is 79.9. The number of Topliss-reactive ketones (excluding diaryl/α,β-unsaturated/α-hetero) is 1. The van der Waals surface area contributed by atoms with Gasteiger partial charge in [-0.3, -0.25) is 9.59 Å². The minimum absolute atomic E-state index is 0.120. The van der Waals surface area contributed by atoms with E-state index in [1.165, 1.54) is 25.4 Å². The number of ketones is 1. The van der Waals surface area contributed by atoms with Crippen LogP contribution in [0.2, 0.25) is 0 Å². The molecule has 1 N–H and O–H groups in total. The number of benzene rings is 1. The minimum Gasteiger partial charge on any atom is -0.484 e. The zero-order chi connectivity index (χ0) is 18.4. The van der Waals surface area contributed by atoms with Crippen LogP contribution in [0.25, 0.3) is 0 Å². The van der Waals surface area contributed by atoms with Gasteiger partial charge in [-0.2, -0.15) is 0 Å². The predicted molar refractivity (Wildman–Crippen MR) is 97.1 cm³/mol. The first-order valence-electron chi connectivity index (χ1n) is 7.27. The summed E-state index contributed by atoms with van der Waals surface area (Å²) in [7, 11) is 1.31. The smallest absolute Gasteiger partial charge is 0.337 e. The van der Waals surface area contributed by atoms with Gasteiger partial charge in [0.25, 0.3) is 0 Å². The van der Waals surface area contributed by atoms with E-state index in [1.807, 2.05) is 0 Å². The molecule has 0 radical (unpaired) electrons. The maximum Gasteiger partial charge on any atom is 0.337 e. The van der Waals surface area contributed by atoms with E-state index in [-0.39, 0.29) is 18.3 Å². The Labute approximate surface area is 157 Å². The van der Waals surface area contributed by atoms with Crippen molar-refractivity contribution < 1.29 is 23.9 Å². The number of nitrogens with one attached hydrogen (secondary N) is 1. The van der Waals surface area contributed by atoms with Gasteiger partial charge in [0, 0.05) is 11.8 Å². The number of methoxy groups -OCH3 is 1. The van der Waals surface area contributed by atoms with Crippen LogP contribution in [0.1, 0.15) is 31.8 Å². The quantitative estimate of drug-likeness (QED) is 0.543. The summed E-state index contributed by atoms with van der Waals surface area (Å²) in [6.45, 7) is 1.71. The Bertz CT molecular complexity index is 802. The number of hydrogen-bond acceptors (Lipinski definition) is 6. The summed E-state index contributed by atoms with van der Waals surface area (Å²) in [5, 5.41) is 2.68. The standard InChI is InChI=1S/C17H16BrNO5S/c1-10(20)19-8-12-4-6-16(25-12)14(21)9-24-15-5-3-11(7-13(15)18)17(22)23-2/h3-7H,8-9H2,1-2H3,(H,19,20). The Balaban J connectivity index is 1.96. The van der Waals surface area contributed by atoms with Crippen molar-refractivity contribution in [3.05, 3.63) is 50.1 Å². The van der Waals surface area contributed by atoms with Gasteiger partial charge in [-0.25, -0.2) is 4.79 Å². The fraction of sp³-hybridized carbons (Fsp3) is 0.235. The van der Waals surface area contributed by atoms with Crippen LogP contribution in [0, 0.1) is 0 Å². The van der Waals surface area contributed by atoms with Crippen LogP contribution in [-0.2, 0) is 16.1 Å². The molecule has 2 rings (SSSR count). The Morgan fingerprint density at radius 2 is 1.96 bits per heavy atom. The molecule has 1 heterocycles. The van der Waals surface area contributed by atoms with E-state index in [0.717, 1.165) is 4.88 Å². The van der Waals surface area contributed by atoms with E-state index in [4.69, 9.17) is 4.74 Å². The highest BCUT2D eigenvalue weighted by molar-refractivity contribution is 9.10. The van der Waals surface area contributed by atoms with E-state index < -0.39 is 5.97 Å². The predicted octanol–water partition coefficient (Wildman–Crippen LogP) is 3.20. The summed E-state index contributed by atoms with van der Waals surface area (Å²) in [5.74, 6) is -0.280. The summed E-state index contributed by atoms with van der Waals surface area (Å²) in [4.78, 5) is 36.0. The number of carbonyl (C=O) groups excluding carboxylic acids is 3. The molecule has 8 heteroatoms. The van der Waals surface area contributed by atoms with Crippen molar-refractivity contribution in [2.75, 3.05) is 13.7 Å². The molecule has 0 aliphatic carbocycles. The minimum atomic E-state index is -0.450. The summed E-state index contributed by atoms with van der Waals surface area (Å²) >= 11 is 4.62. The van der Waals surface area contributed by atoms with Gasteiger partial charge in [0.2, 0.25) is 11.7 Å². The second kappa shape index (κ2) is 8.77. The van der Waals surface area contributed by atoms with Crippen molar-refractivity contribution in [1.29, 1.82) is 0 Å². The van der Waals surface area contributed by atoms with Gasteiger partial charge in [0.1, 0.15) is 5.75 Å². The third-order valence-corrected chi connectivity index (χ3v) is 4.91. The van der Waals surface area contributed by atoms with Gasteiger partial charge in [-0.1, -0.05) is 0 Å². The van der Waals surface area contributed by atoms with Crippen molar-refractivity contribution in [2.45, 2.75) is 13.5 Å². The summed E-state index contributed by atoms with van der Waals surface area (Å²) in [5.41, 5.74) is 0.383. The average Bonchev–Trinajstić information content (AvgIpc) is 3.07. The van der Waals surface area contributed by atoms with E-state index >= 15 is 0 Å². The van der Waals surface area contributed by atoms with Crippen LogP contribution in [0.3, 0.4) is 0 Å². The van der Waals surface area contributed by atoms with Crippen molar-refractivity contribution in [3.8, 4) is 5.75 Å². The number of thiophene rings is 1. The lowest BCUT2D eigenvalue weighted by Gasteiger charge is -2.08. The van der Waals surface area contributed by atoms with E-state index in [0.29, 0.717) is 27.2 Å². The van der Waals surface area contributed by atoms with Gasteiger partial charge >= 0.3 is 5.97 Å². The molecule has 1 aromatic carbocycles. The third kappa shape index (κ3) is 5.40. The second-order valence-electron chi connectivity index (χ2n) is 5.02. The topological polar surface area (TPSA) is 81.7 Å². The molecule has 25 heavy (non-hydrogen) atoms. The lowest BCUT2D eigenvalue weighted by Crippen LogP contribution is -2.18. The molecule has 0 aliphatic rings. The zero-order valence-electron chi connectivity index (χ0n) is 13.6. The monoisotopic (exact) mass is 425 g/mol. The molecule has 0 fully saturated rings. The molecule has 2 aromatic rings. The highest BCUT2D eigenvalue weighted by Gasteiger charge is 2.13. The molecule has 0 aliphatic heterocycles. The Hall–Kier alpha value is -2.19.